The van der Waals surface area contributed by atoms with Crippen molar-refractivity contribution in [2.75, 3.05) is 6.61 Å². The van der Waals surface area contributed by atoms with Crippen molar-refractivity contribution in [3.8, 4) is 0 Å². The van der Waals surface area contributed by atoms with Crippen LogP contribution in [-0.2, 0) is 4.43 Å². The monoisotopic (exact) mass is 229 g/mol. The first kappa shape index (κ1) is 15.2. The zero-order valence-electron chi connectivity index (χ0n) is 11.3. The Bertz CT molecular complexity index is 126. The molecule has 0 atom stereocenters. The molecule has 0 amide bonds. The van der Waals surface area contributed by atoms with Crippen molar-refractivity contribution < 1.29 is 4.43 Å². The second-order valence-electron chi connectivity index (χ2n) is 4.97. The van der Waals surface area contributed by atoms with Crippen LogP contribution in [0.25, 0.3) is 0 Å². The molecule has 0 heterocycles. The number of unbranched alkanes of at least 4 members (excludes halogenated alkanes) is 4. The van der Waals surface area contributed by atoms with Gasteiger partial charge >= 0.3 is 0 Å². The summed E-state index contributed by atoms with van der Waals surface area (Å²) in [6.45, 7) is 12.4. The summed E-state index contributed by atoms with van der Waals surface area (Å²) in [6.07, 6.45) is 6.69. The van der Waals surface area contributed by atoms with E-state index in [-0.39, 0.29) is 0 Å². The first-order chi connectivity index (χ1) is 7.09. The van der Waals surface area contributed by atoms with E-state index in [0.717, 1.165) is 17.7 Å². The van der Waals surface area contributed by atoms with Crippen molar-refractivity contribution >= 4 is 9.04 Å². The van der Waals surface area contributed by atoms with Crippen LogP contribution in [0.5, 0.6) is 0 Å². The molecule has 0 fully saturated rings. The van der Waals surface area contributed by atoms with Crippen molar-refractivity contribution in [2.24, 2.45) is 0 Å². The smallest absolute Gasteiger partial charge is 0.216 e. The Kier molecular flexibility index (Phi) is 9.52. The second-order valence-corrected chi connectivity index (χ2v) is 8.38. The largest absolute Gasteiger partial charge is 0.416 e. The minimum atomic E-state index is -0.571. The molecular formula is C13H29OSi. The SMILES string of the molecule is CCCCCCCO[Si](C(C)C)C(C)C. The van der Waals surface area contributed by atoms with Gasteiger partial charge in [-0.2, -0.15) is 0 Å². The van der Waals surface area contributed by atoms with Crippen molar-refractivity contribution in [3.05, 3.63) is 0 Å². The van der Waals surface area contributed by atoms with E-state index in [1.54, 1.807) is 0 Å². The predicted molar refractivity (Wildman–Crippen MR) is 70.7 cm³/mol. The molecule has 0 aromatic heterocycles. The molecule has 0 N–H and O–H groups in total. The Labute approximate surface area is 98.3 Å². The third-order valence-electron chi connectivity index (χ3n) is 2.65. The molecule has 0 saturated heterocycles. The zero-order valence-corrected chi connectivity index (χ0v) is 12.3. The van der Waals surface area contributed by atoms with Crippen molar-refractivity contribution in [1.29, 1.82) is 0 Å². The minimum Gasteiger partial charge on any atom is -0.416 e. The molecule has 1 radical (unpaired) electrons. The van der Waals surface area contributed by atoms with E-state index in [1.165, 1.54) is 32.1 Å². The van der Waals surface area contributed by atoms with Crippen LogP contribution < -0.4 is 0 Å². The number of hydrogen-bond donors (Lipinski definition) is 0. The highest BCUT2D eigenvalue weighted by Gasteiger charge is 2.21. The Morgan fingerprint density at radius 2 is 1.40 bits per heavy atom. The molecule has 0 aliphatic carbocycles. The van der Waals surface area contributed by atoms with E-state index < -0.39 is 9.04 Å². The van der Waals surface area contributed by atoms with Gasteiger partial charge in [-0.1, -0.05) is 60.3 Å². The summed E-state index contributed by atoms with van der Waals surface area (Å²) in [5.41, 5.74) is 1.48. The summed E-state index contributed by atoms with van der Waals surface area (Å²) in [5, 5.41) is 0. The molecule has 0 unspecified atom stereocenters. The van der Waals surface area contributed by atoms with Gasteiger partial charge in [0.15, 0.2) is 0 Å². The van der Waals surface area contributed by atoms with Crippen LogP contribution in [0.3, 0.4) is 0 Å². The molecule has 0 aliphatic heterocycles. The van der Waals surface area contributed by atoms with Gasteiger partial charge < -0.3 is 4.43 Å². The van der Waals surface area contributed by atoms with E-state index in [0.29, 0.717) is 0 Å². The maximum atomic E-state index is 6.05. The normalized spacial score (nSPS) is 12.0. The maximum Gasteiger partial charge on any atom is 0.216 e. The summed E-state index contributed by atoms with van der Waals surface area (Å²) in [4.78, 5) is 0. The molecule has 0 aromatic rings. The third kappa shape index (κ3) is 8.03. The van der Waals surface area contributed by atoms with Gasteiger partial charge in [0, 0.05) is 6.61 Å². The average molecular weight is 229 g/mol. The highest BCUT2D eigenvalue weighted by atomic mass is 28.3. The molecule has 0 aliphatic rings. The predicted octanol–water partition coefficient (Wildman–Crippen LogP) is 4.78. The lowest BCUT2D eigenvalue weighted by Gasteiger charge is -2.22. The molecule has 1 nitrogen and oxygen atoms in total. The van der Waals surface area contributed by atoms with Gasteiger partial charge in [-0.25, -0.2) is 0 Å². The maximum absolute atomic E-state index is 6.05. The molecule has 0 bridgehead atoms. The second kappa shape index (κ2) is 9.41. The van der Waals surface area contributed by atoms with Crippen LogP contribution in [0.2, 0.25) is 11.1 Å². The summed E-state index contributed by atoms with van der Waals surface area (Å²) in [7, 11) is -0.571. The van der Waals surface area contributed by atoms with Gasteiger partial charge in [-0.3, -0.25) is 0 Å². The summed E-state index contributed by atoms with van der Waals surface area (Å²) >= 11 is 0. The van der Waals surface area contributed by atoms with Gasteiger partial charge in [-0.05, 0) is 17.5 Å². The third-order valence-corrected chi connectivity index (χ3v) is 5.47. The number of hydrogen-bond acceptors (Lipinski definition) is 1. The van der Waals surface area contributed by atoms with Crippen molar-refractivity contribution in [3.63, 3.8) is 0 Å². The van der Waals surface area contributed by atoms with Crippen LogP contribution in [0, 0.1) is 0 Å². The Balaban J connectivity index is 3.46. The summed E-state index contributed by atoms with van der Waals surface area (Å²) in [6, 6.07) is 0. The lowest BCUT2D eigenvalue weighted by Crippen LogP contribution is -2.25. The standard InChI is InChI=1S/C13H29OSi/c1-6-7-8-9-10-11-14-15(12(2)3)13(4)5/h12-13H,6-11H2,1-5H3. The molecule has 0 spiro atoms. The average Bonchev–Trinajstić information content (AvgIpc) is 2.15. The van der Waals surface area contributed by atoms with Gasteiger partial charge in [0.1, 0.15) is 0 Å². The van der Waals surface area contributed by atoms with Crippen molar-refractivity contribution in [2.45, 2.75) is 77.8 Å². The lowest BCUT2D eigenvalue weighted by molar-refractivity contribution is 0.295. The fourth-order valence-electron chi connectivity index (χ4n) is 1.90. The fraction of sp³-hybridized carbons (Fsp3) is 1.00. The van der Waals surface area contributed by atoms with E-state index in [1.807, 2.05) is 0 Å². The first-order valence-corrected chi connectivity index (χ1v) is 8.15. The molecule has 91 valence electrons. The van der Waals surface area contributed by atoms with Gasteiger partial charge in [0.25, 0.3) is 0 Å². The Morgan fingerprint density at radius 3 is 1.87 bits per heavy atom. The van der Waals surface area contributed by atoms with Crippen LogP contribution in [0.15, 0.2) is 0 Å². The zero-order chi connectivity index (χ0) is 11.7. The summed E-state index contributed by atoms with van der Waals surface area (Å²) < 4.78 is 6.05. The molecule has 15 heavy (non-hydrogen) atoms. The first-order valence-electron chi connectivity index (χ1n) is 6.59. The van der Waals surface area contributed by atoms with Crippen LogP contribution >= 0.6 is 0 Å². The number of rotatable bonds is 9. The quantitative estimate of drug-likeness (QED) is 0.408. The van der Waals surface area contributed by atoms with Crippen molar-refractivity contribution in [1.82, 2.24) is 0 Å². The molecule has 0 rings (SSSR count). The molecule has 2 heteroatoms. The topological polar surface area (TPSA) is 9.23 Å². The van der Waals surface area contributed by atoms with Gasteiger partial charge in [0.05, 0.1) is 0 Å². The Hall–Kier alpha value is 0.177. The molecule has 0 saturated carbocycles. The molecule has 0 aromatic carbocycles. The lowest BCUT2D eigenvalue weighted by atomic mass is 10.2. The van der Waals surface area contributed by atoms with Gasteiger partial charge in [0.2, 0.25) is 9.04 Å². The highest BCUT2D eigenvalue weighted by molar-refractivity contribution is 6.54. The van der Waals surface area contributed by atoms with Crippen LogP contribution in [-0.4, -0.2) is 15.6 Å². The summed E-state index contributed by atoms with van der Waals surface area (Å²) in [5.74, 6) is 0. The minimum absolute atomic E-state index is 0.571. The van der Waals surface area contributed by atoms with E-state index in [9.17, 15) is 0 Å². The van der Waals surface area contributed by atoms with E-state index in [4.69, 9.17) is 4.43 Å². The van der Waals surface area contributed by atoms with E-state index >= 15 is 0 Å². The highest BCUT2D eigenvalue weighted by Crippen LogP contribution is 2.21. The molecular weight excluding hydrogens is 200 g/mol. The van der Waals surface area contributed by atoms with Crippen LogP contribution in [0.1, 0.15) is 66.7 Å². The Morgan fingerprint density at radius 1 is 0.867 bits per heavy atom. The fourth-order valence-corrected chi connectivity index (χ4v) is 4.28. The van der Waals surface area contributed by atoms with Crippen LogP contribution in [0.4, 0.5) is 0 Å². The van der Waals surface area contributed by atoms with E-state index in [2.05, 4.69) is 34.6 Å². The van der Waals surface area contributed by atoms with Gasteiger partial charge in [-0.15, -0.1) is 0 Å².